The number of amides is 1. The summed E-state index contributed by atoms with van der Waals surface area (Å²) in [7, 11) is 0. The molecule has 3 rings (SSSR count). The SMILES string of the molecule is Cc1cc(NC(=O)CC(C)C2CCCNC2)ccc1OC1CCOCC1. The molecule has 0 radical (unpaired) electrons. The van der Waals surface area contributed by atoms with Gasteiger partial charge in [-0.15, -0.1) is 0 Å². The Hall–Kier alpha value is -1.59. The highest BCUT2D eigenvalue weighted by Crippen LogP contribution is 2.26. The van der Waals surface area contributed by atoms with E-state index in [4.69, 9.17) is 9.47 Å². The average molecular weight is 360 g/mol. The highest BCUT2D eigenvalue weighted by Gasteiger charge is 2.22. The molecule has 5 heteroatoms. The molecule has 0 aromatic heterocycles. The molecule has 144 valence electrons. The number of carbonyl (C=O) groups excluding carboxylic acids is 1. The zero-order valence-electron chi connectivity index (χ0n) is 16.1. The second-order valence-corrected chi connectivity index (χ2v) is 7.75. The van der Waals surface area contributed by atoms with Crippen molar-refractivity contribution in [3.8, 4) is 5.75 Å². The maximum atomic E-state index is 12.4. The van der Waals surface area contributed by atoms with Crippen LogP contribution in [0.1, 0.15) is 44.6 Å². The topological polar surface area (TPSA) is 59.6 Å². The minimum atomic E-state index is 0.0978. The molecule has 0 saturated carbocycles. The van der Waals surface area contributed by atoms with Gasteiger partial charge in [-0.05, 0) is 68.5 Å². The first-order chi connectivity index (χ1) is 12.6. The largest absolute Gasteiger partial charge is 0.490 e. The average Bonchev–Trinajstić information content (AvgIpc) is 2.65. The van der Waals surface area contributed by atoms with Crippen LogP contribution in [0.4, 0.5) is 5.69 Å². The van der Waals surface area contributed by atoms with Crippen molar-refractivity contribution in [1.29, 1.82) is 0 Å². The third-order valence-corrected chi connectivity index (χ3v) is 5.57. The van der Waals surface area contributed by atoms with Gasteiger partial charge < -0.3 is 20.1 Å². The van der Waals surface area contributed by atoms with Crippen LogP contribution in [-0.2, 0) is 9.53 Å². The normalized spacial score (nSPS) is 22.6. The van der Waals surface area contributed by atoms with Crippen LogP contribution in [0.25, 0.3) is 0 Å². The summed E-state index contributed by atoms with van der Waals surface area (Å²) in [6, 6.07) is 5.90. The summed E-state index contributed by atoms with van der Waals surface area (Å²) < 4.78 is 11.5. The molecule has 0 spiro atoms. The highest BCUT2D eigenvalue weighted by atomic mass is 16.5. The molecule has 1 aromatic carbocycles. The molecular formula is C21H32N2O3. The number of piperidine rings is 1. The van der Waals surface area contributed by atoms with Gasteiger partial charge in [0.25, 0.3) is 0 Å². The molecule has 0 aliphatic carbocycles. The molecule has 2 unspecified atom stereocenters. The van der Waals surface area contributed by atoms with Crippen LogP contribution >= 0.6 is 0 Å². The number of hydrogen-bond acceptors (Lipinski definition) is 4. The summed E-state index contributed by atoms with van der Waals surface area (Å²) in [5.74, 6) is 2.00. The van der Waals surface area contributed by atoms with Crippen LogP contribution < -0.4 is 15.4 Å². The molecule has 2 saturated heterocycles. The van der Waals surface area contributed by atoms with E-state index in [0.717, 1.165) is 56.1 Å². The van der Waals surface area contributed by atoms with Crippen LogP contribution in [0, 0.1) is 18.8 Å². The van der Waals surface area contributed by atoms with Gasteiger partial charge in [0.1, 0.15) is 11.9 Å². The number of benzene rings is 1. The molecule has 1 amide bonds. The summed E-state index contributed by atoms with van der Waals surface area (Å²) in [4.78, 5) is 12.4. The lowest BCUT2D eigenvalue weighted by atomic mass is 9.85. The standard InChI is InChI=1S/C21H32N2O3/c1-15(17-4-3-9-22-14-17)13-21(24)23-18-5-6-20(16(2)12-18)26-19-7-10-25-11-8-19/h5-6,12,15,17,19,22H,3-4,7-11,13-14H2,1-2H3,(H,23,24). The van der Waals surface area contributed by atoms with E-state index < -0.39 is 0 Å². The Bertz CT molecular complexity index is 593. The van der Waals surface area contributed by atoms with Crippen molar-refractivity contribution in [2.75, 3.05) is 31.6 Å². The molecule has 2 N–H and O–H groups in total. The van der Waals surface area contributed by atoms with E-state index >= 15 is 0 Å². The van der Waals surface area contributed by atoms with Crippen molar-refractivity contribution in [2.24, 2.45) is 11.8 Å². The number of carbonyl (C=O) groups is 1. The predicted octanol–water partition coefficient (Wildman–Crippen LogP) is 3.52. The fourth-order valence-corrected chi connectivity index (χ4v) is 3.87. The van der Waals surface area contributed by atoms with E-state index in [1.54, 1.807) is 0 Å². The van der Waals surface area contributed by atoms with Crippen LogP contribution in [0.15, 0.2) is 18.2 Å². The fraction of sp³-hybridized carbons (Fsp3) is 0.667. The van der Waals surface area contributed by atoms with E-state index in [9.17, 15) is 4.79 Å². The maximum Gasteiger partial charge on any atom is 0.224 e. The minimum absolute atomic E-state index is 0.0978. The van der Waals surface area contributed by atoms with E-state index in [2.05, 4.69) is 17.6 Å². The van der Waals surface area contributed by atoms with Gasteiger partial charge in [-0.3, -0.25) is 4.79 Å². The Kier molecular flexibility index (Phi) is 6.92. The second-order valence-electron chi connectivity index (χ2n) is 7.75. The van der Waals surface area contributed by atoms with Gasteiger partial charge in [-0.1, -0.05) is 6.92 Å². The van der Waals surface area contributed by atoms with E-state index in [1.165, 1.54) is 12.8 Å². The monoisotopic (exact) mass is 360 g/mol. The zero-order chi connectivity index (χ0) is 18.4. The van der Waals surface area contributed by atoms with Crippen molar-refractivity contribution in [3.63, 3.8) is 0 Å². The third kappa shape index (κ3) is 5.45. The minimum Gasteiger partial charge on any atom is -0.490 e. The molecule has 5 nitrogen and oxygen atoms in total. The number of hydrogen-bond donors (Lipinski definition) is 2. The van der Waals surface area contributed by atoms with Crippen molar-refractivity contribution < 1.29 is 14.3 Å². The lowest BCUT2D eigenvalue weighted by Gasteiger charge is -2.28. The Morgan fingerprint density at radius 3 is 2.85 bits per heavy atom. The van der Waals surface area contributed by atoms with Crippen molar-refractivity contribution in [2.45, 2.75) is 52.1 Å². The van der Waals surface area contributed by atoms with E-state index in [-0.39, 0.29) is 12.0 Å². The first kappa shape index (κ1) is 19.2. The molecule has 2 aliphatic heterocycles. The number of anilines is 1. The molecule has 0 bridgehead atoms. The van der Waals surface area contributed by atoms with Crippen LogP contribution in [-0.4, -0.2) is 38.3 Å². The Labute approximate surface area is 156 Å². The molecular weight excluding hydrogens is 328 g/mol. The maximum absolute atomic E-state index is 12.4. The Balaban J connectivity index is 1.50. The summed E-state index contributed by atoms with van der Waals surface area (Å²) in [5.41, 5.74) is 1.90. The number of aryl methyl sites for hydroxylation is 1. The highest BCUT2D eigenvalue weighted by molar-refractivity contribution is 5.91. The first-order valence-electron chi connectivity index (χ1n) is 9.97. The zero-order valence-corrected chi connectivity index (χ0v) is 16.1. The molecule has 2 fully saturated rings. The summed E-state index contributed by atoms with van der Waals surface area (Å²) in [6.07, 6.45) is 5.11. The van der Waals surface area contributed by atoms with Gasteiger partial charge in [-0.2, -0.15) is 0 Å². The van der Waals surface area contributed by atoms with E-state index in [0.29, 0.717) is 18.3 Å². The van der Waals surface area contributed by atoms with Crippen LogP contribution in [0.5, 0.6) is 5.75 Å². The number of nitrogens with one attached hydrogen (secondary N) is 2. The quantitative estimate of drug-likeness (QED) is 0.815. The third-order valence-electron chi connectivity index (χ3n) is 5.57. The lowest BCUT2D eigenvalue weighted by molar-refractivity contribution is -0.117. The molecule has 26 heavy (non-hydrogen) atoms. The van der Waals surface area contributed by atoms with Crippen LogP contribution in [0.2, 0.25) is 0 Å². The van der Waals surface area contributed by atoms with Gasteiger partial charge in [-0.25, -0.2) is 0 Å². The smallest absolute Gasteiger partial charge is 0.224 e. The van der Waals surface area contributed by atoms with E-state index in [1.807, 2.05) is 25.1 Å². The van der Waals surface area contributed by atoms with Gasteiger partial charge in [0.2, 0.25) is 5.91 Å². The predicted molar refractivity (Wildman–Crippen MR) is 104 cm³/mol. The van der Waals surface area contributed by atoms with Crippen LogP contribution in [0.3, 0.4) is 0 Å². The van der Waals surface area contributed by atoms with Crippen molar-refractivity contribution in [3.05, 3.63) is 23.8 Å². The molecule has 1 aromatic rings. The number of ether oxygens (including phenoxy) is 2. The summed E-state index contributed by atoms with van der Waals surface area (Å²) in [6.45, 7) is 7.90. The molecule has 2 heterocycles. The Morgan fingerprint density at radius 2 is 2.15 bits per heavy atom. The fourth-order valence-electron chi connectivity index (χ4n) is 3.87. The van der Waals surface area contributed by atoms with Crippen molar-refractivity contribution >= 4 is 11.6 Å². The Morgan fingerprint density at radius 1 is 1.35 bits per heavy atom. The van der Waals surface area contributed by atoms with Gasteiger partial charge in [0, 0.05) is 24.9 Å². The molecule has 2 aliphatic rings. The summed E-state index contributed by atoms with van der Waals surface area (Å²) >= 11 is 0. The first-order valence-corrected chi connectivity index (χ1v) is 9.97. The van der Waals surface area contributed by atoms with Crippen molar-refractivity contribution in [1.82, 2.24) is 5.32 Å². The lowest BCUT2D eigenvalue weighted by Crippen LogP contribution is -2.34. The summed E-state index contributed by atoms with van der Waals surface area (Å²) in [5, 5.41) is 6.48. The molecule has 2 atom stereocenters. The van der Waals surface area contributed by atoms with Gasteiger partial charge in [0.05, 0.1) is 13.2 Å². The van der Waals surface area contributed by atoms with Gasteiger partial charge >= 0.3 is 0 Å². The van der Waals surface area contributed by atoms with Gasteiger partial charge in [0.15, 0.2) is 0 Å². The second kappa shape index (κ2) is 9.38. The number of rotatable bonds is 6.